The largest absolute Gasteiger partial charge is 0.449 e. The highest BCUT2D eigenvalue weighted by Crippen LogP contribution is 2.23. The Morgan fingerprint density at radius 3 is 1.50 bits per heavy atom. The Balaban J connectivity index is 5.84. The van der Waals surface area contributed by atoms with Gasteiger partial charge in [-0.1, -0.05) is 0 Å². The highest BCUT2D eigenvalue weighted by molar-refractivity contribution is 5.91. The smallest absolute Gasteiger partial charge is 0.443 e. The van der Waals surface area contributed by atoms with Gasteiger partial charge in [0.15, 0.2) is 0 Å². The van der Waals surface area contributed by atoms with Crippen molar-refractivity contribution in [1.82, 2.24) is 9.80 Å². The molecule has 0 bridgehead atoms. The van der Waals surface area contributed by atoms with Crippen LogP contribution in [-0.4, -0.2) is 65.5 Å². The van der Waals surface area contributed by atoms with Gasteiger partial charge in [-0.25, -0.2) is 9.59 Å². The predicted octanol–water partition coefficient (Wildman–Crippen LogP) is 4.03. The molecule has 26 heavy (non-hydrogen) atoms. The van der Waals surface area contributed by atoms with Gasteiger partial charge >= 0.3 is 18.4 Å². The van der Waals surface area contributed by atoms with E-state index in [1.54, 1.807) is 41.5 Å². The molecule has 0 heterocycles. The predicted molar refractivity (Wildman–Crippen MR) is 90.9 cm³/mol. The van der Waals surface area contributed by atoms with E-state index in [1.807, 2.05) is 0 Å². The van der Waals surface area contributed by atoms with Crippen LogP contribution in [0.3, 0.4) is 0 Å². The molecule has 1 unspecified atom stereocenters. The van der Waals surface area contributed by atoms with Gasteiger partial charge in [-0.3, -0.25) is 4.99 Å². The van der Waals surface area contributed by atoms with Crippen LogP contribution in [0.5, 0.6) is 0 Å². The van der Waals surface area contributed by atoms with Crippen LogP contribution < -0.4 is 0 Å². The summed E-state index contributed by atoms with van der Waals surface area (Å²) in [5, 5.41) is 0. The maximum Gasteiger partial charge on any atom is 0.449 e. The molecule has 0 saturated carbocycles. The molecule has 0 aromatic carbocycles. The number of nitrogens with zero attached hydrogens (tertiary/aromatic N) is 3. The lowest BCUT2D eigenvalue weighted by molar-refractivity contribution is -0.0744. The molecule has 0 saturated heterocycles. The fraction of sp³-hybridized carbons (Fsp3) is 0.812. The lowest BCUT2D eigenvalue weighted by Crippen LogP contribution is -2.56. The molecule has 0 spiro atoms. The number of alkyl halides is 3. The van der Waals surface area contributed by atoms with E-state index in [0.29, 0.717) is 9.80 Å². The molecule has 7 nitrogen and oxygen atoms in total. The number of halogens is 3. The third-order valence-corrected chi connectivity index (χ3v) is 2.91. The quantitative estimate of drug-likeness (QED) is 0.409. The van der Waals surface area contributed by atoms with Gasteiger partial charge in [0, 0.05) is 14.1 Å². The first-order chi connectivity index (χ1) is 11.4. The lowest BCUT2D eigenvalue weighted by atomic mass is 10.2. The summed E-state index contributed by atoms with van der Waals surface area (Å²) in [7, 11) is 2.04. The van der Waals surface area contributed by atoms with Crippen molar-refractivity contribution in [3.8, 4) is 0 Å². The van der Waals surface area contributed by atoms with Gasteiger partial charge in [0.2, 0.25) is 5.84 Å². The zero-order valence-electron chi connectivity index (χ0n) is 16.7. The fourth-order valence-electron chi connectivity index (χ4n) is 1.84. The van der Waals surface area contributed by atoms with Crippen LogP contribution in [-0.2, 0) is 9.47 Å². The van der Waals surface area contributed by atoms with Crippen LogP contribution in [0.1, 0.15) is 48.5 Å². The van der Waals surface area contributed by atoms with Crippen LogP contribution in [0.2, 0.25) is 0 Å². The molecule has 0 radical (unpaired) electrons. The van der Waals surface area contributed by atoms with E-state index < -0.39 is 41.6 Å². The molecule has 152 valence electrons. The first-order valence-corrected chi connectivity index (χ1v) is 7.92. The molecular weight excluding hydrogens is 355 g/mol. The molecule has 0 aromatic heterocycles. The van der Waals surface area contributed by atoms with Gasteiger partial charge < -0.3 is 14.4 Å². The topological polar surface area (TPSA) is 71.4 Å². The lowest BCUT2D eigenvalue weighted by Gasteiger charge is -2.37. The molecule has 2 amide bonds. The first kappa shape index (κ1) is 24.0. The highest BCUT2D eigenvalue weighted by atomic mass is 19.4. The van der Waals surface area contributed by atoms with E-state index in [9.17, 15) is 22.8 Å². The van der Waals surface area contributed by atoms with E-state index in [1.165, 1.54) is 6.92 Å². The SMILES string of the molecule is CN=C(N(C)C(C)N(C(=O)OC(C)(C)C)C(=O)OC(C)(C)C)C(F)(F)F. The minimum atomic E-state index is -4.76. The maximum absolute atomic E-state index is 13.1. The monoisotopic (exact) mass is 383 g/mol. The van der Waals surface area contributed by atoms with Gasteiger partial charge in [0.05, 0.1) is 0 Å². The molecule has 0 aliphatic carbocycles. The van der Waals surface area contributed by atoms with E-state index in [0.717, 1.165) is 14.1 Å². The van der Waals surface area contributed by atoms with E-state index in [2.05, 4.69) is 4.99 Å². The number of amides is 2. The second kappa shape index (κ2) is 8.13. The Kier molecular flexibility index (Phi) is 7.51. The number of carbonyl (C=O) groups is 2. The van der Waals surface area contributed by atoms with Crippen LogP contribution >= 0.6 is 0 Å². The van der Waals surface area contributed by atoms with Gasteiger partial charge in [-0.2, -0.15) is 18.1 Å². The number of hydrogen-bond acceptors (Lipinski definition) is 5. The average Bonchev–Trinajstić information content (AvgIpc) is 2.32. The molecule has 0 aliphatic heterocycles. The molecule has 0 fully saturated rings. The van der Waals surface area contributed by atoms with Crippen LogP contribution in [0.15, 0.2) is 4.99 Å². The van der Waals surface area contributed by atoms with Crippen molar-refractivity contribution in [2.45, 2.75) is 72.0 Å². The first-order valence-electron chi connectivity index (χ1n) is 7.92. The van der Waals surface area contributed by atoms with Gasteiger partial charge in [0.1, 0.15) is 17.4 Å². The summed E-state index contributed by atoms with van der Waals surface area (Å²) < 4.78 is 49.6. The molecule has 10 heteroatoms. The standard InChI is InChI=1S/C16H28F3N3O4/c1-10(21(9)11(20-8)16(17,18)19)22(12(23)25-14(2,3)4)13(24)26-15(5,6)7/h10H,1-9H3. The molecule has 0 rings (SSSR count). The fourth-order valence-corrected chi connectivity index (χ4v) is 1.84. The minimum absolute atomic E-state index is 0.493. The Labute approximate surface area is 152 Å². The van der Waals surface area contributed by atoms with Crippen LogP contribution in [0.25, 0.3) is 0 Å². The van der Waals surface area contributed by atoms with Crippen molar-refractivity contribution in [3.05, 3.63) is 0 Å². The van der Waals surface area contributed by atoms with Crippen molar-refractivity contribution < 1.29 is 32.2 Å². The summed E-state index contributed by atoms with van der Waals surface area (Å²) in [6, 6.07) is 0. The van der Waals surface area contributed by atoms with Crippen LogP contribution in [0, 0.1) is 0 Å². The third-order valence-electron chi connectivity index (χ3n) is 2.91. The molecule has 0 N–H and O–H groups in total. The normalized spacial score (nSPS) is 14.5. The Bertz CT molecular complexity index is 520. The summed E-state index contributed by atoms with van der Waals surface area (Å²) in [6.45, 7) is 10.7. The Hall–Kier alpha value is -2.00. The number of aliphatic imine (C=N–C) groups is 1. The van der Waals surface area contributed by atoms with E-state index in [-0.39, 0.29) is 0 Å². The summed E-state index contributed by atoms with van der Waals surface area (Å²) >= 11 is 0. The Morgan fingerprint density at radius 1 is 0.923 bits per heavy atom. The highest BCUT2D eigenvalue weighted by Gasteiger charge is 2.44. The number of ether oxygens (including phenoxy) is 2. The van der Waals surface area contributed by atoms with Crippen molar-refractivity contribution in [1.29, 1.82) is 0 Å². The number of rotatable bonds is 2. The maximum atomic E-state index is 13.1. The Morgan fingerprint density at radius 2 is 1.27 bits per heavy atom. The summed E-state index contributed by atoms with van der Waals surface area (Å²) in [5.41, 5.74) is -1.91. The van der Waals surface area contributed by atoms with E-state index in [4.69, 9.17) is 9.47 Å². The van der Waals surface area contributed by atoms with Crippen molar-refractivity contribution in [2.24, 2.45) is 4.99 Å². The molecule has 1 atom stereocenters. The van der Waals surface area contributed by atoms with Crippen LogP contribution in [0.4, 0.5) is 22.8 Å². The van der Waals surface area contributed by atoms with Gasteiger partial charge in [0.25, 0.3) is 0 Å². The van der Waals surface area contributed by atoms with Crippen molar-refractivity contribution in [3.63, 3.8) is 0 Å². The summed E-state index contributed by atoms with van der Waals surface area (Å²) in [5.74, 6) is -1.25. The van der Waals surface area contributed by atoms with Crippen molar-refractivity contribution in [2.75, 3.05) is 14.1 Å². The van der Waals surface area contributed by atoms with Crippen molar-refractivity contribution >= 4 is 18.0 Å². The second-order valence-electron chi connectivity index (χ2n) is 7.62. The molecular formula is C16H28F3N3O4. The van der Waals surface area contributed by atoms with Gasteiger partial charge in [-0.15, -0.1) is 0 Å². The number of carbonyl (C=O) groups excluding carboxylic acids is 2. The van der Waals surface area contributed by atoms with E-state index >= 15 is 0 Å². The zero-order chi connectivity index (χ0) is 21.1. The zero-order valence-corrected chi connectivity index (χ0v) is 16.7. The molecule has 0 aliphatic rings. The van der Waals surface area contributed by atoms with Gasteiger partial charge in [-0.05, 0) is 48.5 Å². The summed E-state index contributed by atoms with van der Waals surface area (Å²) in [4.78, 5) is 29.3. The molecule has 0 aromatic rings. The number of amidine groups is 1. The summed E-state index contributed by atoms with van der Waals surface area (Å²) in [6.07, 6.45) is -8.36. The number of hydrogen-bond donors (Lipinski definition) is 0. The number of imide groups is 1. The average molecular weight is 383 g/mol. The minimum Gasteiger partial charge on any atom is -0.443 e. The third kappa shape index (κ3) is 7.49. The second-order valence-corrected chi connectivity index (χ2v) is 7.62.